The zero-order chi connectivity index (χ0) is 26.8. The number of carbonyl (C=O) groups excluding carboxylic acids is 2. The number of anilines is 1. The number of amides is 3. The van der Waals surface area contributed by atoms with Gasteiger partial charge in [-0.3, -0.25) is 10.1 Å². The third-order valence-corrected chi connectivity index (χ3v) is 8.18. The van der Waals surface area contributed by atoms with Crippen LogP contribution in [-0.2, 0) is 33.0 Å². The van der Waals surface area contributed by atoms with Gasteiger partial charge in [-0.1, -0.05) is 35.4 Å². The minimum absolute atomic E-state index is 0.105. The largest absolute Gasteiger partial charge is 0.335 e. The number of urea groups is 1. The molecule has 12 nitrogen and oxygen atoms in total. The van der Waals surface area contributed by atoms with E-state index in [4.69, 9.17) is 0 Å². The van der Waals surface area contributed by atoms with Crippen molar-refractivity contribution >= 4 is 37.9 Å². The quantitative estimate of drug-likeness (QED) is 0.357. The van der Waals surface area contributed by atoms with E-state index in [0.717, 1.165) is 11.1 Å². The topological polar surface area (TPSA) is 176 Å². The van der Waals surface area contributed by atoms with Crippen molar-refractivity contribution in [2.24, 2.45) is 0 Å². The minimum Gasteiger partial charge on any atom is -0.312 e. The molecule has 2 heterocycles. The summed E-state index contributed by atoms with van der Waals surface area (Å²) in [7, 11) is -8.39. The molecule has 0 aliphatic carbocycles. The second kappa shape index (κ2) is 10.2. The molecular weight excluding hydrogens is 520 g/mol. The molecule has 1 aromatic heterocycles. The first-order valence-corrected chi connectivity index (χ1v) is 14.1. The van der Waals surface area contributed by atoms with Crippen molar-refractivity contribution in [3.05, 3.63) is 76.6 Å². The Morgan fingerprint density at radius 3 is 1.92 bits per heavy atom. The van der Waals surface area contributed by atoms with Gasteiger partial charge in [-0.2, -0.15) is 0 Å². The van der Waals surface area contributed by atoms with Crippen molar-refractivity contribution in [3.8, 4) is 0 Å². The van der Waals surface area contributed by atoms with Gasteiger partial charge in [0.25, 0.3) is 26.0 Å². The molecule has 37 heavy (non-hydrogen) atoms. The lowest BCUT2D eigenvalue weighted by Crippen LogP contribution is -2.37. The second-order valence-corrected chi connectivity index (χ2v) is 11.7. The van der Waals surface area contributed by atoms with Crippen molar-refractivity contribution in [2.45, 2.75) is 36.6 Å². The number of aromatic nitrogens is 2. The molecule has 3 amide bonds. The van der Waals surface area contributed by atoms with Crippen LogP contribution >= 0.6 is 0 Å². The van der Waals surface area contributed by atoms with Gasteiger partial charge in [-0.05, 0) is 38.1 Å². The molecule has 1 aliphatic heterocycles. The van der Waals surface area contributed by atoms with Crippen LogP contribution in [0.1, 0.15) is 32.9 Å². The number of nitrogens with one attached hydrogen (secondary N) is 4. The molecule has 3 aromatic rings. The molecule has 4 rings (SSSR count). The van der Waals surface area contributed by atoms with Gasteiger partial charge in [0.1, 0.15) is 5.69 Å². The van der Waals surface area contributed by atoms with Crippen LogP contribution in [0, 0.1) is 13.8 Å². The van der Waals surface area contributed by atoms with E-state index in [0.29, 0.717) is 24.2 Å². The van der Waals surface area contributed by atoms with E-state index in [2.05, 4.69) is 20.6 Å². The smallest absolute Gasteiger partial charge is 0.312 e. The van der Waals surface area contributed by atoms with Gasteiger partial charge in [-0.25, -0.2) is 41.0 Å². The highest BCUT2D eigenvalue weighted by molar-refractivity contribution is 7.90. The number of hydrogen-bond acceptors (Lipinski definition) is 9. The third kappa shape index (κ3) is 6.10. The van der Waals surface area contributed by atoms with Crippen LogP contribution in [-0.4, -0.2) is 45.3 Å². The van der Waals surface area contributed by atoms with Crippen LogP contribution in [0.5, 0.6) is 0 Å². The van der Waals surface area contributed by atoms with Crippen LogP contribution in [0.3, 0.4) is 0 Å². The number of carbonyl (C=O) groups is 2. The number of fused-ring (bicyclic) bond motifs is 1. The zero-order valence-electron chi connectivity index (χ0n) is 19.9. The molecule has 0 atom stereocenters. The van der Waals surface area contributed by atoms with Crippen LogP contribution in [0.2, 0.25) is 0 Å². The highest BCUT2D eigenvalue weighted by Crippen LogP contribution is 2.19. The van der Waals surface area contributed by atoms with Crippen molar-refractivity contribution in [1.29, 1.82) is 0 Å². The van der Waals surface area contributed by atoms with E-state index in [1.807, 2.05) is 9.44 Å². The first-order valence-electron chi connectivity index (χ1n) is 11.1. The average Bonchev–Trinajstić information content (AvgIpc) is 2.83. The van der Waals surface area contributed by atoms with E-state index >= 15 is 0 Å². The highest BCUT2D eigenvalue weighted by Gasteiger charge is 2.27. The number of aryl methyl sites for hydroxylation is 2. The van der Waals surface area contributed by atoms with E-state index in [-0.39, 0.29) is 28.0 Å². The zero-order valence-corrected chi connectivity index (χ0v) is 21.5. The van der Waals surface area contributed by atoms with Gasteiger partial charge in [0, 0.05) is 25.1 Å². The first kappa shape index (κ1) is 26.2. The molecule has 194 valence electrons. The molecule has 0 unspecified atom stereocenters. The molecule has 2 aromatic carbocycles. The summed E-state index contributed by atoms with van der Waals surface area (Å²) < 4.78 is 54.4. The molecule has 0 radical (unpaired) electrons. The fraction of sp³-hybridized carbons (Fsp3) is 0.217. The number of nitrogens with zero attached hydrogens (tertiary/aromatic N) is 2. The maximum atomic E-state index is 13.0. The van der Waals surface area contributed by atoms with E-state index in [1.54, 1.807) is 38.1 Å². The minimum atomic E-state index is -4.20. The number of rotatable bonds is 6. The highest BCUT2D eigenvalue weighted by atomic mass is 32.2. The van der Waals surface area contributed by atoms with Crippen LogP contribution in [0.4, 0.5) is 10.7 Å². The standard InChI is InChI=1S/C23H24N6O6S2/c1-14-3-7-16(8-4-14)36(32,33)28-21(30)20-18-13-24-12-11-19(18)25-22(26-20)27-23(31)29-37(34,35)17-9-5-15(2)6-10-17/h3-10,24H,11-13H2,1-2H3,(H,28,30)(H2,25,26,27,29,31). The Morgan fingerprint density at radius 2 is 1.35 bits per heavy atom. The Hall–Kier alpha value is -3.88. The predicted octanol–water partition coefficient (Wildman–Crippen LogP) is 1.37. The van der Waals surface area contributed by atoms with Crippen LogP contribution < -0.4 is 20.1 Å². The Bertz CT molecular complexity index is 1570. The molecule has 0 spiro atoms. The Kier molecular flexibility index (Phi) is 7.25. The van der Waals surface area contributed by atoms with Crippen molar-refractivity contribution in [2.75, 3.05) is 11.9 Å². The summed E-state index contributed by atoms with van der Waals surface area (Å²) >= 11 is 0. The van der Waals surface area contributed by atoms with E-state index < -0.39 is 32.0 Å². The lowest BCUT2D eigenvalue weighted by atomic mass is 10.1. The Labute approximate surface area is 214 Å². The monoisotopic (exact) mass is 544 g/mol. The molecule has 0 saturated carbocycles. The van der Waals surface area contributed by atoms with Gasteiger partial charge in [0.05, 0.1) is 15.5 Å². The predicted molar refractivity (Wildman–Crippen MR) is 134 cm³/mol. The average molecular weight is 545 g/mol. The van der Waals surface area contributed by atoms with Crippen LogP contribution in [0.15, 0.2) is 58.3 Å². The van der Waals surface area contributed by atoms with Gasteiger partial charge in [0.15, 0.2) is 0 Å². The lowest BCUT2D eigenvalue weighted by Gasteiger charge is -2.20. The molecule has 0 fully saturated rings. The van der Waals surface area contributed by atoms with E-state index in [1.165, 1.54) is 24.3 Å². The van der Waals surface area contributed by atoms with Gasteiger partial charge < -0.3 is 5.32 Å². The third-order valence-electron chi connectivity index (χ3n) is 5.49. The number of benzene rings is 2. The maximum Gasteiger partial charge on any atom is 0.335 e. The van der Waals surface area contributed by atoms with Crippen molar-refractivity contribution in [1.82, 2.24) is 24.7 Å². The second-order valence-electron chi connectivity index (χ2n) is 8.37. The summed E-state index contributed by atoms with van der Waals surface area (Å²) in [4.78, 5) is 33.5. The number of hydrogen-bond donors (Lipinski definition) is 4. The molecular formula is C23H24N6O6S2. The molecule has 1 aliphatic rings. The summed E-state index contributed by atoms with van der Waals surface area (Å²) in [5.41, 5.74) is 2.23. The summed E-state index contributed by atoms with van der Waals surface area (Å²) in [5, 5.41) is 5.29. The Balaban J connectivity index is 1.58. The number of sulfonamides is 2. The normalized spacial score (nSPS) is 13.4. The Morgan fingerprint density at radius 1 is 0.811 bits per heavy atom. The molecule has 0 saturated heterocycles. The summed E-state index contributed by atoms with van der Waals surface area (Å²) in [6, 6.07) is 10.7. The van der Waals surface area contributed by atoms with Crippen molar-refractivity contribution in [3.63, 3.8) is 0 Å². The van der Waals surface area contributed by atoms with Crippen LogP contribution in [0.25, 0.3) is 0 Å². The molecule has 14 heteroatoms. The molecule has 4 N–H and O–H groups in total. The van der Waals surface area contributed by atoms with Crippen molar-refractivity contribution < 1.29 is 26.4 Å². The fourth-order valence-corrected chi connectivity index (χ4v) is 5.42. The van der Waals surface area contributed by atoms with Gasteiger partial charge in [0.2, 0.25) is 5.95 Å². The first-order chi connectivity index (χ1) is 17.4. The summed E-state index contributed by atoms with van der Waals surface area (Å²) in [6.45, 7) is 4.32. The fourth-order valence-electron chi connectivity index (χ4n) is 3.56. The summed E-state index contributed by atoms with van der Waals surface area (Å²) in [6.07, 6.45) is 0.376. The lowest BCUT2D eigenvalue weighted by molar-refractivity contribution is 0.0975. The van der Waals surface area contributed by atoms with Gasteiger partial charge >= 0.3 is 6.03 Å². The SMILES string of the molecule is Cc1ccc(S(=O)(=O)NC(=O)Nc2nc3c(c(C(=O)NS(=O)(=O)c4ccc(C)cc4)n2)CNCC3)cc1. The molecule has 0 bridgehead atoms. The van der Waals surface area contributed by atoms with E-state index in [9.17, 15) is 26.4 Å². The summed E-state index contributed by atoms with van der Waals surface area (Å²) in [5.74, 6) is -1.37. The van der Waals surface area contributed by atoms with Gasteiger partial charge in [-0.15, -0.1) is 0 Å². The maximum absolute atomic E-state index is 13.0.